The van der Waals surface area contributed by atoms with Crippen molar-refractivity contribution in [1.29, 1.82) is 0 Å². The van der Waals surface area contributed by atoms with Gasteiger partial charge in [-0.1, -0.05) is 142 Å². The number of rotatable bonds is 35. The van der Waals surface area contributed by atoms with Crippen LogP contribution in [0.15, 0.2) is 12.2 Å². The van der Waals surface area contributed by atoms with E-state index in [1.165, 1.54) is 103 Å². The van der Waals surface area contributed by atoms with Gasteiger partial charge in [-0.3, -0.25) is 13.8 Å². The van der Waals surface area contributed by atoms with Gasteiger partial charge < -0.3 is 20.1 Å². The molecule has 3 N–H and O–H groups in total. The lowest BCUT2D eigenvalue weighted by molar-refractivity contribution is -0.154. The van der Waals surface area contributed by atoms with Crippen molar-refractivity contribution in [2.45, 2.75) is 174 Å². The molecule has 44 heavy (non-hydrogen) atoms. The predicted octanol–water partition coefficient (Wildman–Crippen LogP) is 9.97. The lowest BCUT2D eigenvalue weighted by Gasteiger charge is -2.20. The molecule has 2 unspecified atom stereocenters. The molecule has 0 aliphatic carbocycles. The van der Waals surface area contributed by atoms with Gasteiger partial charge in [-0.25, -0.2) is 4.57 Å². The van der Waals surface area contributed by atoms with Gasteiger partial charge in [0.05, 0.1) is 19.8 Å². The zero-order valence-corrected chi connectivity index (χ0v) is 29.6. The number of carbonyl (C=O) groups excluding carboxylic acids is 1. The van der Waals surface area contributed by atoms with Crippen molar-refractivity contribution in [3.8, 4) is 0 Å². The molecule has 0 fully saturated rings. The zero-order chi connectivity index (χ0) is 32.4. The largest absolute Gasteiger partial charge is 0.472 e. The minimum Gasteiger partial charge on any atom is -0.457 e. The van der Waals surface area contributed by atoms with Gasteiger partial charge in [0.15, 0.2) is 0 Å². The minimum atomic E-state index is -4.26. The van der Waals surface area contributed by atoms with Gasteiger partial charge in [-0.05, 0) is 32.1 Å². The van der Waals surface area contributed by atoms with E-state index in [4.69, 9.17) is 24.3 Å². The summed E-state index contributed by atoms with van der Waals surface area (Å²) in [6, 6.07) is 0. The number of esters is 1. The summed E-state index contributed by atoms with van der Waals surface area (Å²) in [5.41, 5.74) is 5.34. The number of phosphoric ester groups is 1. The maximum absolute atomic E-state index is 12.5. The number of nitrogens with two attached hydrogens (primary N) is 1. The first-order chi connectivity index (χ1) is 21.4. The van der Waals surface area contributed by atoms with Crippen molar-refractivity contribution in [1.82, 2.24) is 0 Å². The van der Waals surface area contributed by atoms with Crippen molar-refractivity contribution in [2.24, 2.45) is 5.73 Å². The molecule has 0 radical (unpaired) electrons. The molecular formula is C35H70NO7P. The molecule has 0 aromatic rings. The van der Waals surface area contributed by atoms with Gasteiger partial charge in [0.25, 0.3) is 0 Å². The monoisotopic (exact) mass is 647 g/mol. The van der Waals surface area contributed by atoms with Gasteiger partial charge >= 0.3 is 13.8 Å². The molecule has 0 aliphatic rings. The van der Waals surface area contributed by atoms with Crippen molar-refractivity contribution >= 4 is 13.8 Å². The average Bonchev–Trinajstić information content (AvgIpc) is 3.01. The Balaban J connectivity index is 4.09. The fourth-order valence-corrected chi connectivity index (χ4v) is 5.74. The van der Waals surface area contributed by atoms with Crippen molar-refractivity contribution < 1.29 is 32.8 Å². The Hall–Kier alpha value is -0.760. The van der Waals surface area contributed by atoms with E-state index in [2.05, 4.69) is 26.0 Å². The fourth-order valence-electron chi connectivity index (χ4n) is 4.98. The van der Waals surface area contributed by atoms with E-state index in [9.17, 15) is 14.3 Å². The highest BCUT2D eigenvalue weighted by atomic mass is 31.2. The lowest BCUT2D eigenvalue weighted by atomic mass is 10.0. The Morgan fingerprint density at radius 1 is 0.659 bits per heavy atom. The van der Waals surface area contributed by atoms with Crippen LogP contribution in [0.3, 0.4) is 0 Å². The molecule has 0 bridgehead atoms. The smallest absolute Gasteiger partial charge is 0.457 e. The van der Waals surface area contributed by atoms with Crippen LogP contribution in [0.4, 0.5) is 0 Å². The van der Waals surface area contributed by atoms with Crippen LogP contribution in [0.25, 0.3) is 0 Å². The molecule has 0 aliphatic heterocycles. The highest BCUT2D eigenvalue weighted by Gasteiger charge is 2.25. The van der Waals surface area contributed by atoms with E-state index in [1.54, 1.807) is 0 Å². The van der Waals surface area contributed by atoms with Crippen molar-refractivity contribution in [2.75, 3.05) is 33.0 Å². The maximum atomic E-state index is 12.5. The lowest BCUT2D eigenvalue weighted by Crippen LogP contribution is -2.28. The number of carbonyl (C=O) groups is 1. The summed E-state index contributed by atoms with van der Waals surface area (Å²) < 4.78 is 33.2. The molecule has 0 saturated carbocycles. The van der Waals surface area contributed by atoms with E-state index >= 15 is 0 Å². The van der Waals surface area contributed by atoms with Crippen molar-refractivity contribution in [3.05, 3.63) is 12.2 Å². The number of hydrogen-bond donors (Lipinski definition) is 2. The summed E-state index contributed by atoms with van der Waals surface area (Å²) in [4.78, 5) is 22.3. The van der Waals surface area contributed by atoms with E-state index in [0.717, 1.165) is 44.9 Å². The minimum absolute atomic E-state index is 0.0942. The summed E-state index contributed by atoms with van der Waals surface area (Å²) in [5.74, 6) is -0.340. The normalized spacial score (nSPS) is 13.8. The Morgan fingerprint density at radius 3 is 1.73 bits per heavy atom. The van der Waals surface area contributed by atoms with Gasteiger partial charge in [-0.15, -0.1) is 0 Å². The molecule has 0 aromatic carbocycles. The van der Waals surface area contributed by atoms with Crippen LogP contribution in [0.5, 0.6) is 0 Å². The summed E-state index contributed by atoms with van der Waals surface area (Å²) in [5, 5.41) is 0. The first-order valence-electron chi connectivity index (χ1n) is 18.2. The molecule has 2 atom stereocenters. The molecule has 0 heterocycles. The number of hydrogen-bond acceptors (Lipinski definition) is 7. The van der Waals surface area contributed by atoms with Gasteiger partial charge in [0, 0.05) is 19.6 Å². The van der Waals surface area contributed by atoms with Crippen LogP contribution >= 0.6 is 7.82 Å². The Kier molecular flexibility index (Phi) is 33.0. The SMILES string of the molecule is CCCC/C=C\CCCCCCCC(=O)OC(COCCCCCCCCCCCCCCCC)COP(=O)(O)OCCN. The Morgan fingerprint density at radius 2 is 1.16 bits per heavy atom. The van der Waals surface area contributed by atoms with Crippen LogP contribution in [0.2, 0.25) is 0 Å². The third-order valence-corrected chi connectivity index (χ3v) is 8.67. The van der Waals surface area contributed by atoms with E-state index in [-0.39, 0.29) is 32.3 Å². The van der Waals surface area contributed by atoms with Gasteiger partial charge in [-0.2, -0.15) is 0 Å². The molecule has 0 rings (SSSR count). The third kappa shape index (κ3) is 32.6. The Labute approximate surface area is 271 Å². The summed E-state index contributed by atoms with van der Waals surface area (Å²) in [6.07, 6.45) is 32.2. The highest BCUT2D eigenvalue weighted by molar-refractivity contribution is 7.47. The molecule has 262 valence electrons. The fraction of sp³-hybridized carbons (Fsp3) is 0.914. The first kappa shape index (κ1) is 43.2. The second-order valence-corrected chi connectivity index (χ2v) is 13.5. The molecule has 0 amide bonds. The van der Waals surface area contributed by atoms with Gasteiger partial charge in [0.1, 0.15) is 6.10 Å². The summed E-state index contributed by atoms with van der Waals surface area (Å²) in [7, 11) is -4.26. The number of allylic oxidation sites excluding steroid dienone is 2. The highest BCUT2D eigenvalue weighted by Crippen LogP contribution is 2.43. The maximum Gasteiger partial charge on any atom is 0.472 e. The van der Waals surface area contributed by atoms with Crippen LogP contribution in [0.1, 0.15) is 168 Å². The van der Waals surface area contributed by atoms with Crippen LogP contribution in [0, 0.1) is 0 Å². The average molecular weight is 648 g/mol. The summed E-state index contributed by atoms with van der Waals surface area (Å²) >= 11 is 0. The molecule has 9 heteroatoms. The predicted molar refractivity (Wildman–Crippen MR) is 183 cm³/mol. The molecule has 0 saturated heterocycles. The second kappa shape index (κ2) is 33.6. The topological polar surface area (TPSA) is 117 Å². The van der Waals surface area contributed by atoms with E-state index < -0.39 is 13.9 Å². The first-order valence-corrected chi connectivity index (χ1v) is 19.7. The molecule has 0 aromatic heterocycles. The zero-order valence-electron chi connectivity index (χ0n) is 28.7. The molecular weight excluding hydrogens is 577 g/mol. The number of unbranched alkanes of at least 4 members (excludes halogenated alkanes) is 20. The second-order valence-electron chi connectivity index (χ2n) is 12.1. The Bertz CT molecular complexity index is 692. The van der Waals surface area contributed by atoms with Crippen LogP contribution in [-0.2, 0) is 27.9 Å². The molecule has 8 nitrogen and oxygen atoms in total. The standard InChI is InChI=1S/C35H70NO7P/c1-3-5-7-9-11-13-15-16-17-19-21-23-25-27-30-40-32-34(33-42-44(38,39)41-31-29-36)43-35(37)28-26-24-22-20-18-14-12-10-8-6-4-2/h10,12,34H,3-9,11,13-33,36H2,1-2H3,(H,38,39)/b12-10-. The van der Waals surface area contributed by atoms with Crippen LogP contribution < -0.4 is 5.73 Å². The third-order valence-electron chi connectivity index (χ3n) is 7.68. The summed E-state index contributed by atoms with van der Waals surface area (Å²) in [6.45, 7) is 4.88. The van der Waals surface area contributed by atoms with Crippen molar-refractivity contribution in [3.63, 3.8) is 0 Å². The molecule has 0 spiro atoms. The quantitative estimate of drug-likeness (QED) is 0.0302. The van der Waals surface area contributed by atoms with E-state index in [0.29, 0.717) is 13.0 Å². The number of phosphoric acid groups is 1. The van der Waals surface area contributed by atoms with Crippen LogP contribution in [-0.4, -0.2) is 49.9 Å². The van der Waals surface area contributed by atoms with E-state index in [1.807, 2.05) is 0 Å². The van der Waals surface area contributed by atoms with Gasteiger partial charge in [0.2, 0.25) is 0 Å². The number of ether oxygens (including phenoxy) is 2.